The summed E-state index contributed by atoms with van der Waals surface area (Å²) in [4.78, 5) is 12.4. The topological polar surface area (TPSA) is 78.5 Å². The molecule has 1 amide bonds. The molecule has 0 radical (unpaired) electrons. The van der Waals surface area contributed by atoms with Crippen molar-refractivity contribution in [1.82, 2.24) is 4.57 Å². The van der Waals surface area contributed by atoms with Crippen molar-refractivity contribution in [3.05, 3.63) is 36.2 Å². The first kappa shape index (κ1) is 14.8. The highest BCUT2D eigenvalue weighted by atomic mass is 16.5. The number of nitrogen functional groups attached to an aromatic ring is 1. The van der Waals surface area contributed by atoms with Crippen LogP contribution in [0.4, 0.5) is 11.4 Å². The predicted molar refractivity (Wildman–Crippen MR) is 82.0 cm³/mol. The van der Waals surface area contributed by atoms with E-state index in [-0.39, 0.29) is 5.91 Å². The maximum Gasteiger partial charge on any atom is 0.272 e. The molecule has 0 aliphatic rings. The highest BCUT2D eigenvalue weighted by Gasteiger charge is 2.15. The van der Waals surface area contributed by atoms with Crippen LogP contribution < -0.4 is 20.5 Å². The summed E-state index contributed by atoms with van der Waals surface area (Å²) in [6.45, 7) is 2.61. The van der Waals surface area contributed by atoms with Crippen LogP contribution in [0.15, 0.2) is 30.5 Å². The van der Waals surface area contributed by atoms with Crippen LogP contribution in [-0.2, 0) is 6.54 Å². The van der Waals surface area contributed by atoms with Gasteiger partial charge >= 0.3 is 0 Å². The number of anilines is 2. The van der Waals surface area contributed by atoms with E-state index in [0.29, 0.717) is 35.1 Å². The fraction of sp³-hybridized carbons (Fsp3) is 0.267. The summed E-state index contributed by atoms with van der Waals surface area (Å²) >= 11 is 0. The molecule has 6 heteroatoms. The van der Waals surface area contributed by atoms with E-state index in [0.717, 1.165) is 0 Å². The molecule has 2 rings (SSSR count). The lowest BCUT2D eigenvalue weighted by Gasteiger charge is -2.12. The third-order valence-corrected chi connectivity index (χ3v) is 3.15. The van der Waals surface area contributed by atoms with Gasteiger partial charge in [0.2, 0.25) is 0 Å². The van der Waals surface area contributed by atoms with Gasteiger partial charge in [-0.2, -0.15) is 0 Å². The molecule has 0 fully saturated rings. The van der Waals surface area contributed by atoms with Gasteiger partial charge in [-0.25, -0.2) is 0 Å². The maximum atomic E-state index is 12.4. The lowest BCUT2D eigenvalue weighted by molar-refractivity contribution is 0.101. The number of nitrogens with one attached hydrogen (secondary N) is 1. The quantitative estimate of drug-likeness (QED) is 0.885. The molecule has 0 bridgehead atoms. The zero-order chi connectivity index (χ0) is 15.4. The van der Waals surface area contributed by atoms with Gasteiger partial charge in [-0.15, -0.1) is 0 Å². The number of nitrogens with two attached hydrogens (primary N) is 1. The molecule has 0 saturated carbocycles. The molecule has 0 aliphatic heterocycles. The van der Waals surface area contributed by atoms with E-state index in [4.69, 9.17) is 15.2 Å². The zero-order valence-electron chi connectivity index (χ0n) is 12.3. The van der Waals surface area contributed by atoms with E-state index < -0.39 is 0 Å². The van der Waals surface area contributed by atoms with Crippen LogP contribution in [0.25, 0.3) is 0 Å². The number of carbonyl (C=O) groups is 1. The number of nitrogens with zero attached hydrogens (tertiary/aromatic N) is 1. The Balaban J connectivity index is 2.30. The number of aryl methyl sites for hydroxylation is 1. The fourth-order valence-electron chi connectivity index (χ4n) is 2.08. The van der Waals surface area contributed by atoms with Crippen molar-refractivity contribution in [3.8, 4) is 11.5 Å². The first-order valence-corrected chi connectivity index (χ1v) is 6.58. The van der Waals surface area contributed by atoms with Gasteiger partial charge in [-0.1, -0.05) is 0 Å². The second-order valence-corrected chi connectivity index (χ2v) is 4.47. The van der Waals surface area contributed by atoms with Gasteiger partial charge in [0.25, 0.3) is 5.91 Å². The molecule has 3 N–H and O–H groups in total. The zero-order valence-corrected chi connectivity index (χ0v) is 12.3. The van der Waals surface area contributed by atoms with Crippen LogP contribution in [0.1, 0.15) is 17.4 Å². The van der Waals surface area contributed by atoms with E-state index in [1.807, 2.05) is 6.92 Å². The van der Waals surface area contributed by atoms with Crippen LogP contribution in [-0.4, -0.2) is 24.7 Å². The second kappa shape index (κ2) is 6.21. The summed E-state index contributed by atoms with van der Waals surface area (Å²) in [6, 6.07) is 6.85. The number of benzene rings is 1. The Morgan fingerprint density at radius 2 is 2.05 bits per heavy atom. The average molecular weight is 289 g/mol. The average Bonchev–Trinajstić information content (AvgIpc) is 2.88. The number of carbonyl (C=O) groups excluding carboxylic acids is 1. The van der Waals surface area contributed by atoms with Gasteiger partial charge < -0.3 is 25.1 Å². The van der Waals surface area contributed by atoms with Crippen molar-refractivity contribution in [2.24, 2.45) is 0 Å². The SMILES string of the molecule is CCn1cc(N)cc1C(=O)Nc1cc(OC)ccc1OC. The minimum atomic E-state index is -0.250. The van der Waals surface area contributed by atoms with Crippen LogP contribution in [0, 0.1) is 0 Å². The molecular weight excluding hydrogens is 270 g/mol. The van der Waals surface area contributed by atoms with Crippen LogP contribution >= 0.6 is 0 Å². The molecule has 1 aromatic carbocycles. The van der Waals surface area contributed by atoms with Crippen LogP contribution in [0.2, 0.25) is 0 Å². The second-order valence-electron chi connectivity index (χ2n) is 4.47. The molecule has 112 valence electrons. The Hall–Kier alpha value is -2.63. The number of methoxy groups -OCH3 is 2. The van der Waals surface area contributed by atoms with Gasteiger partial charge in [-0.3, -0.25) is 4.79 Å². The molecule has 0 atom stereocenters. The predicted octanol–water partition coefficient (Wildman–Crippen LogP) is 2.36. The standard InChI is InChI=1S/C15H19N3O3/c1-4-18-9-10(16)7-13(18)15(19)17-12-8-11(20-2)5-6-14(12)21-3/h5-9H,4,16H2,1-3H3,(H,17,19). The van der Waals surface area contributed by atoms with Gasteiger partial charge in [0.05, 0.1) is 25.6 Å². The number of ether oxygens (including phenoxy) is 2. The lowest BCUT2D eigenvalue weighted by atomic mass is 10.2. The Bertz CT molecular complexity index is 650. The minimum Gasteiger partial charge on any atom is -0.497 e. The Kier molecular flexibility index (Phi) is 4.37. The molecule has 1 aromatic heterocycles. The number of hydrogen-bond donors (Lipinski definition) is 2. The Morgan fingerprint density at radius 3 is 2.67 bits per heavy atom. The lowest BCUT2D eigenvalue weighted by Crippen LogP contribution is -2.16. The summed E-state index contributed by atoms with van der Waals surface area (Å²) in [7, 11) is 3.11. The van der Waals surface area contributed by atoms with Crippen LogP contribution in [0.3, 0.4) is 0 Å². The van der Waals surface area contributed by atoms with Crippen molar-refractivity contribution in [3.63, 3.8) is 0 Å². The summed E-state index contributed by atoms with van der Waals surface area (Å²) in [6.07, 6.45) is 1.73. The molecule has 2 aromatic rings. The van der Waals surface area contributed by atoms with E-state index in [1.54, 1.807) is 49.2 Å². The number of rotatable bonds is 5. The van der Waals surface area contributed by atoms with Crippen molar-refractivity contribution in [2.75, 3.05) is 25.3 Å². The highest BCUT2D eigenvalue weighted by molar-refractivity contribution is 6.04. The first-order chi connectivity index (χ1) is 10.1. The molecule has 0 aliphatic carbocycles. The van der Waals surface area contributed by atoms with Crippen LogP contribution in [0.5, 0.6) is 11.5 Å². The van der Waals surface area contributed by atoms with Crippen molar-refractivity contribution >= 4 is 17.3 Å². The van der Waals surface area contributed by atoms with E-state index in [2.05, 4.69) is 5.32 Å². The van der Waals surface area contributed by atoms with E-state index in [9.17, 15) is 4.79 Å². The van der Waals surface area contributed by atoms with Crippen molar-refractivity contribution in [2.45, 2.75) is 13.5 Å². The number of amides is 1. The highest BCUT2D eigenvalue weighted by Crippen LogP contribution is 2.29. The fourth-order valence-corrected chi connectivity index (χ4v) is 2.08. The maximum absolute atomic E-state index is 12.4. The Morgan fingerprint density at radius 1 is 1.29 bits per heavy atom. The normalized spacial score (nSPS) is 10.2. The molecular formula is C15H19N3O3. The molecule has 1 heterocycles. The minimum absolute atomic E-state index is 0.250. The van der Waals surface area contributed by atoms with Gasteiger partial charge in [-0.05, 0) is 25.1 Å². The van der Waals surface area contributed by atoms with Crippen molar-refractivity contribution < 1.29 is 14.3 Å². The summed E-state index contributed by atoms with van der Waals surface area (Å²) in [5, 5.41) is 2.82. The number of aromatic nitrogens is 1. The third kappa shape index (κ3) is 3.10. The summed E-state index contributed by atoms with van der Waals surface area (Å²) in [5.41, 5.74) is 7.34. The van der Waals surface area contributed by atoms with Crippen molar-refractivity contribution in [1.29, 1.82) is 0 Å². The molecule has 0 spiro atoms. The molecule has 6 nitrogen and oxygen atoms in total. The monoisotopic (exact) mass is 289 g/mol. The molecule has 0 saturated heterocycles. The van der Waals surface area contributed by atoms with E-state index >= 15 is 0 Å². The molecule has 0 unspecified atom stereocenters. The smallest absolute Gasteiger partial charge is 0.272 e. The summed E-state index contributed by atoms with van der Waals surface area (Å²) < 4.78 is 12.2. The van der Waals surface area contributed by atoms with E-state index in [1.165, 1.54) is 0 Å². The largest absolute Gasteiger partial charge is 0.497 e. The van der Waals surface area contributed by atoms with Gasteiger partial charge in [0, 0.05) is 18.8 Å². The van der Waals surface area contributed by atoms with Gasteiger partial charge in [0.1, 0.15) is 17.2 Å². The first-order valence-electron chi connectivity index (χ1n) is 6.58. The molecule has 21 heavy (non-hydrogen) atoms. The third-order valence-electron chi connectivity index (χ3n) is 3.15. The summed E-state index contributed by atoms with van der Waals surface area (Å²) in [5.74, 6) is 0.948. The van der Waals surface area contributed by atoms with Gasteiger partial charge in [0.15, 0.2) is 0 Å². The number of hydrogen-bond acceptors (Lipinski definition) is 4. The Labute approximate surface area is 123 Å².